The number of thiophene rings is 1. The van der Waals surface area contributed by atoms with Gasteiger partial charge in [-0.2, -0.15) is 0 Å². The van der Waals surface area contributed by atoms with Crippen molar-refractivity contribution in [3.63, 3.8) is 0 Å². The minimum atomic E-state index is -0.748. The summed E-state index contributed by atoms with van der Waals surface area (Å²) in [5.41, 5.74) is 0.0722. The second-order valence-corrected chi connectivity index (χ2v) is 8.68. The first-order chi connectivity index (χ1) is 15.5. The Labute approximate surface area is 190 Å². The van der Waals surface area contributed by atoms with E-state index >= 15 is 0 Å². The average Bonchev–Trinajstić information content (AvgIpc) is 3.42. The highest BCUT2D eigenvalue weighted by molar-refractivity contribution is 7.10. The number of nitrogens with zero attached hydrogens (tertiary/aromatic N) is 2. The van der Waals surface area contributed by atoms with Crippen molar-refractivity contribution >= 4 is 28.8 Å². The van der Waals surface area contributed by atoms with Crippen LogP contribution in [0.3, 0.4) is 0 Å². The van der Waals surface area contributed by atoms with Gasteiger partial charge in [0.05, 0.1) is 37.5 Å². The van der Waals surface area contributed by atoms with Gasteiger partial charge in [-0.25, -0.2) is 0 Å². The smallest absolute Gasteiger partial charge is 0.295 e. The summed E-state index contributed by atoms with van der Waals surface area (Å²) in [5, 5.41) is 23.3. The summed E-state index contributed by atoms with van der Waals surface area (Å²) in [6, 6.07) is 7.40. The topological polar surface area (TPSA) is 99.5 Å². The number of Topliss-reactive ketones (excluding diaryl/α,β-unsaturated/α-hetero) is 1. The van der Waals surface area contributed by atoms with Crippen LogP contribution in [0.15, 0.2) is 41.3 Å². The van der Waals surface area contributed by atoms with Crippen molar-refractivity contribution in [1.29, 1.82) is 0 Å². The van der Waals surface area contributed by atoms with Gasteiger partial charge in [0, 0.05) is 37.1 Å². The van der Waals surface area contributed by atoms with Gasteiger partial charge in [-0.05, 0) is 30.0 Å². The van der Waals surface area contributed by atoms with Gasteiger partial charge in [0.15, 0.2) is 0 Å². The molecule has 0 bridgehead atoms. The lowest BCUT2D eigenvalue weighted by Gasteiger charge is -2.28. The summed E-state index contributed by atoms with van der Waals surface area (Å²) >= 11 is 1.42. The summed E-state index contributed by atoms with van der Waals surface area (Å²) in [7, 11) is 1.47. The molecule has 32 heavy (non-hydrogen) atoms. The Morgan fingerprint density at radius 3 is 2.66 bits per heavy atom. The van der Waals surface area contributed by atoms with E-state index in [1.54, 1.807) is 6.07 Å². The molecule has 1 amide bonds. The van der Waals surface area contributed by atoms with Gasteiger partial charge in [-0.15, -0.1) is 11.3 Å². The Hall–Kier alpha value is -2.88. The van der Waals surface area contributed by atoms with Crippen molar-refractivity contribution in [2.75, 3.05) is 46.5 Å². The molecule has 0 aliphatic carbocycles. The van der Waals surface area contributed by atoms with Crippen LogP contribution in [-0.4, -0.2) is 78.2 Å². The predicted octanol–water partition coefficient (Wildman–Crippen LogP) is 2.61. The monoisotopic (exact) mass is 458 g/mol. The Morgan fingerprint density at radius 1 is 1.22 bits per heavy atom. The zero-order valence-corrected chi connectivity index (χ0v) is 18.6. The van der Waals surface area contributed by atoms with Gasteiger partial charge in [-0.1, -0.05) is 6.07 Å². The number of amides is 1. The van der Waals surface area contributed by atoms with E-state index < -0.39 is 23.5 Å². The number of phenolic OH excluding ortho intramolecular Hbond substituents is 1. The molecule has 2 aliphatic rings. The fourth-order valence-corrected chi connectivity index (χ4v) is 4.97. The Morgan fingerprint density at radius 2 is 2.00 bits per heavy atom. The quantitative estimate of drug-likeness (QED) is 0.374. The highest BCUT2D eigenvalue weighted by atomic mass is 32.1. The molecule has 9 heteroatoms. The molecule has 2 saturated heterocycles. The van der Waals surface area contributed by atoms with E-state index in [0.29, 0.717) is 31.9 Å². The SMILES string of the molecule is COc1ccc(C(O)=C2C(=O)C(=O)N(CCCN3CCOCC3)C2c2cccs2)c(O)c1. The number of hydrogen-bond acceptors (Lipinski definition) is 8. The van der Waals surface area contributed by atoms with Crippen LogP contribution in [0.1, 0.15) is 22.9 Å². The minimum Gasteiger partial charge on any atom is -0.507 e. The summed E-state index contributed by atoms with van der Waals surface area (Å²) in [6.45, 7) is 4.28. The molecule has 2 fully saturated rings. The zero-order valence-electron chi connectivity index (χ0n) is 17.8. The molecular formula is C23H26N2O6S. The number of morpholine rings is 1. The third kappa shape index (κ3) is 4.36. The van der Waals surface area contributed by atoms with E-state index in [1.807, 2.05) is 17.5 Å². The number of aliphatic hydroxyl groups is 1. The summed E-state index contributed by atoms with van der Waals surface area (Å²) < 4.78 is 10.5. The second kappa shape index (κ2) is 9.72. The van der Waals surface area contributed by atoms with Crippen molar-refractivity contribution in [3.05, 3.63) is 51.7 Å². The number of carbonyl (C=O) groups excluding carboxylic acids is 2. The van der Waals surface area contributed by atoms with Crippen LogP contribution in [0.4, 0.5) is 0 Å². The maximum absolute atomic E-state index is 13.0. The molecule has 170 valence electrons. The second-order valence-electron chi connectivity index (χ2n) is 7.70. The lowest BCUT2D eigenvalue weighted by atomic mass is 9.99. The van der Waals surface area contributed by atoms with Crippen molar-refractivity contribution in [1.82, 2.24) is 9.80 Å². The van der Waals surface area contributed by atoms with Crippen molar-refractivity contribution < 1.29 is 29.3 Å². The third-order valence-electron chi connectivity index (χ3n) is 5.79. The Kier molecular flexibility index (Phi) is 6.78. The molecule has 4 rings (SSSR count). The molecule has 8 nitrogen and oxygen atoms in total. The van der Waals surface area contributed by atoms with Crippen molar-refractivity contribution in [3.8, 4) is 11.5 Å². The largest absolute Gasteiger partial charge is 0.507 e. The number of carbonyl (C=O) groups is 2. The highest BCUT2D eigenvalue weighted by Gasteiger charge is 2.46. The van der Waals surface area contributed by atoms with Crippen LogP contribution in [0.5, 0.6) is 11.5 Å². The molecule has 2 aromatic rings. The van der Waals surface area contributed by atoms with Crippen molar-refractivity contribution in [2.24, 2.45) is 0 Å². The first kappa shape index (κ1) is 22.3. The fraction of sp³-hybridized carbons (Fsp3) is 0.391. The van der Waals surface area contributed by atoms with Gasteiger partial charge in [0.25, 0.3) is 11.7 Å². The number of aliphatic hydroxyl groups excluding tert-OH is 1. The number of ketones is 1. The summed E-state index contributed by atoms with van der Waals surface area (Å²) in [6.07, 6.45) is 0.697. The number of likely N-dealkylation sites (tertiary alicyclic amines) is 1. The van der Waals surface area contributed by atoms with Crippen LogP contribution < -0.4 is 4.74 Å². The number of ether oxygens (including phenoxy) is 2. The van der Waals surface area contributed by atoms with Crippen LogP contribution >= 0.6 is 11.3 Å². The molecule has 1 atom stereocenters. The Bertz CT molecular complexity index is 1010. The van der Waals surface area contributed by atoms with Crippen LogP contribution in [0.2, 0.25) is 0 Å². The summed E-state index contributed by atoms with van der Waals surface area (Å²) in [5.74, 6) is -1.59. The Balaban J connectivity index is 1.64. The van der Waals surface area contributed by atoms with E-state index in [1.165, 1.54) is 35.5 Å². The number of benzene rings is 1. The summed E-state index contributed by atoms with van der Waals surface area (Å²) in [4.78, 5) is 30.5. The molecule has 0 spiro atoms. The number of phenols is 1. The van der Waals surface area contributed by atoms with Gasteiger partial charge in [0.2, 0.25) is 0 Å². The van der Waals surface area contributed by atoms with Crippen molar-refractivity contribution in [2.45, 2.75) is 12.5 Å². The molecule has 1 aromatic heterocycles. The van der Waals surface area contributed by atoms with E-state index in [-0.39, 0.29) is 16.9 Å². The molecular weight excluding hydrogens is 432 g/mol. The van der Waals surface area contributed by atoms with E-state index in [4.69, 9.17) is 9.47 Å². The third-order valence-corrected chi connectivity index (χ3v) is 6.71. The zero-order chi connectivity index (χ0) is 22.7. The van der Waals surface area contributed by atoms with Crippen LogP contribution in [0, 0.1) is 0 Å². The van der Waals surface area contributed by atoms with E-state index in [0.717, 1.165) is 24.5 Å². The highest BCUT2D eigenvalue weighted by Crippen LogP contribution is 2.42. The van der Waals surface area contributed by atoms with Gasteiger partial charge in [-0.3, -0.25) is 14.5 Å². The molecule has 0 radical (unpaired) electrons. The lowest BCUT2D eigenvalue weighted by molar-refractivity contribution is -0.140. The molecule has 3 heterocycles. The van der Waals surface area contributed by atoms with Gasteiger partial charge >= 0.3 is 0 Å². The predicted molar refractivity (Wildman–Crippen MR) is 120 cm³/mol. The molecule has 0 saturated carbocycles. The fourth-order valence-electron chi connectivity index (χ4n) is 4.13. The van der Waals surface area contributed by atoms with E-state index in [2.05, 4.69) is 4.90 Å². The van der Waals surface area contributed by atoms with Gasteiger partial charge in [0.1, 0.15) is 17.3 Å². The average molecular weight is 459 g/mol. The normalized spacial score (nSPS) is 21.3. The number of aromatic hydroxyl groups is 1. The number of rotatable bonds is 7. The van der Waals surface area contributed by atoms with E-state index in [9.17, 15) is 19.8 Å². The number of methoxy groups -OCH3 is 1. The van der Waals surface area contributed by atoms with Crippen LogP contribution in [0.25, 0.3) is 5.76 Å². The van der Waals surface area contributed by atoms with Crippen LogP contribution in [-0.2, 0) is 14.3 Å². The lowest BCUT2D eigenvalue weighted by Crippen LogP contribution is -2.38. The first-order valence-electron chi connectivity index (χ1n) is 10.5. The molecule has 1 aromatic carbocycles. The van der Waals surface area contributed by atoms with Gasteiger partial charge < -0.3 is 24.6 Å². The number of hydrogen-bond donors (Lipinski definition) is 2. The molecule has 2 N–H and O–H groups in total. The maximum Gasteiger partial charge on any atom is 0.295 e. The first-order valence-corrected chi connectivity index (χ1v) is 11.4. The molecule has 2 aliphatic heterocycles. The maximum atomic E-state index is 13.0. The minimum absolute atomic E-state index is 0.00992. The standard InChI is InChI=1S/C23H26N2O6S/c1-30-15-5-6-16(17(26)14-15)21(27)19-20(18-4-2-13-32-18)25(23(29)22(19)28)8-3-7-24-9-11-31-12-10-24/h2,4-6,13-14,20,26-27H,3,7-12H2,1H3. The molecule has 1 unspecified atom stereocenters.